The van der Waals surface area contributed by atoms with E-state index in [1.807, 2.05) is 26.1 Å². The number of halogens is 2. The highest BCUT2D eigenvalue weighted by Gasteiger charge is 2.18. The van der Waals surface area contributed by atoms with Gasteiger partial charge in [-0.3, -0.25) is 0 Å². The molecule has 0 aliphatic carbocycles. The molecule has 5 heteroatoms. The minimum absolute atomic E-state index is 0.152. The normalized spacial score (nSPS) is 12.4. The molecule has 2 aromatic rings. The predicted octanol–water partition coefficient (Wildman–Crippen LogP) is 4.82. The first-order valence-corrected chi connectivity index (χ1v) is 8.74. The molecule has 0 aliphatic heterocycles. The van der Waals surface area contributed by atoms with E-state index in [9.17, 15) is 0 Å². The highest BCUT2D eigenvalue weighted by molar-refractivity contribution is 14.1. The zero-order valence-corrected chi connectivity index (χ0v) is 15.3. The van der Waals surface area contributed by atoms with Gasteiger partial charge in [0.15, 0.2) is 0 Å². The van der Waals surface area contributed by atoms with Gasteiger partial charge in [-0.15, -0.1) is 11.3 Å². The molecule has 1 aromatic heterocycles. The summed E-state index contributed by atoms with van der Waals surface area (Å²) >= 11 is 7.65. The summed E-state index contributed by atoms with van der Waals surface area (Å²) in [7, 11) is 1.98. The second-order valence-electron chi connectivity index (χ2n) is 4.02. The van der Waals surface area contributed by atoms with Crippen LogP contribution in [0.3, 0.4) is 0 Å². The maximum absolute atomic E-state index is 5.74. The van der Waals surface area contributed by atoms with Crippen LogP contribution in [-0.2, 0) is 0 Å². The maximum Gasteiger partial charge on any atom is 0.124 e. The fourth-order valence-corrected chi connectivity index (χ4v) is 3.79. The van der Waals surface area contributed by atoms with Crippen molar-refractivity contribution in [3.63, 3.8) is 0 Å². The fourth-order valence-electron chi connectivity index (χ4n) is 2.01. The van der Waals surface area contributed by atoms with Crippen LogP contribution in [0.5, 0.6) is 5.75 Å². The smallest absolute Gasteiger partial charge is 0.124 e. The summed E-state index contributed by atoms with van der Waals surface area (Å²) in [6, 6.07) is 8.52. The summed E-state index contributed by atoms with van der Waals surface area (Å²) in [5, 5.41) is 5.57. The van der Waals surface area contributed by atoms with Gasteiger partial charge < -0.3 is 10.1 Å². The average molecular weight is 452 g/mol. The predicted molar refractivity (Wildman–Crippen MR) is 93.2 cm³/mol. The Labute approximate surface area is 139 Å². The van der Waals surface area contributed by atoms with E-state index in [-0.39, 0.29) is 6.04 Å². The lowest BCUT2D eigenvalue weighted by Gasteiger charge is -2.19. The van der Waals surface area contributed by atoms with Crippen molar-refractivity contribution < 1.29 is 4.74 Å². The Bertz CT molecular complexity index is 558. The van der Waals surface area contributed by atoms with Crippen LogP contribution >= 0.6 is 49.9 Å². The number of ether oxygens (including phenoxy) is 1. The van der Waals surface area contributed by atoms with Crippen LogP contribution in [0, 0.1) is 2.88 Å². The molecule has 0 amide bonds. The van der Waals surface area contributed by atoms with E-state index in [1.165, 1.54) is 8.45 Å². The van der Waals surface area contributed by atoms with Gasteiger partial charge in [-0.2, -0.15) is 0 Å². The summed E-state index contributed by atoms with van der Waals surface area (Å²) in [4.78, 5) is 0. The van der Waals surface area contributed by atoms with Crippen molar-refractivity contribution in [1.82, 2.24) is 5.32 Å². The Morgan fingerprint density at radius 2 is 2.21 bits per heavy atom. The molecule has 2 nitrogen and oxygen atoms in total. The third kappa shape index (κ3) is 3.71. The third-order valence-electron chi connectivity index (χ3n) is 2.79. The van der Waals surface area contributed by atoms with Gasteiger partial charge in [0.1, 0.15) is 5.75 Å². The Morgan fingerprint density at radius 1 is 1.42 bits per heavy atom. The Kier molecular flexibility index (Phi) is 5.68. The van der Waals surface area contributed by atoms with Crippen molar-refractivity contribution in [1.29, 1.82) is 0 Å². The molecular formula is C14H15BrINOS. The first kappa shape index (κ1) is 15.3. The van der Waals surface area contributed by atoms with Crippen LogP contribution in [0.25, 0.3) is 0 Å². The molecule has 1 N–H and O–H groups in total. The van der Waals surface area contributed by atoms with Gasteiger partial charge >= 0.3 is 0 Å². The first-order valence-electron chi connectivity index (χ1n) is 5.99. The quantitative estimate of drug-likeness (QED) is 0.658. The lowest BCUT2D eigenvalue weighted by molar-refractivity contribution is 0.334. The zero-order chi connectivity index (χ0) is 13.8. The van der Waals surface area contributed by atoms with Crippen LogP contribution in [0.1, 0.15) is 24.1 Å². The molecule has 19 heavy (non-hydrogen) atoms. The monoisotopic (exact) mass is 451 g/mol. The molecule has 0 bridgehead atoms. The van der Waals surface area contributed by atoms with Crippen molar-refractivity contribution in [2.45, 2.75) is 13.0 Å². The highest BCUT2D eigenvalue weighted by atomic mass is 127. The number of thiophene rings is 1. The van der Waals surface area contributed by atoms with Gasteiger partial charge in [-0.25, -0.2) is 0 Å². The second kappa shape index (κ2) is 7.06. The summed E-state index contributed by atoms with van der Waals surface area (Å²) in [5.74, 6) is 0.936. The van der Waals surface area contributed by atoms with Crippen molar-refractivity contribution in [2.24, 2.45) is 0 Å². The number of nitrogens with one attached hydrogen (secondary N) is 1. The summed E-state index contributed by atoms with van der Waals surface area (Å²) < 4.78 is 8.10. The molecular weight excluding hydrogens is 437 g/mol. The van der Waals surface area contributed by atoms with Gasteiger partial charge in [0.2, 0.25) is 0 Å². The van der Waals surface area contributed by atoms with Crippen molar-refractivity contribution >= 4 is 49.9 Å². The van der Waals surface area contributed by atoms with Gasteiger partial charge in [-0.1, -0.05) is 15.9 Å². The number of rotatable bonds is 5. The first-order chi connectivity index (χ1) is 9.15. The van der Waals surface area contributed by atoms with E-state index in [1.54, 1.807) is 11.3 Å². The van der Waals surface area contributed by atoms with Gasteiger partial charge in [-0.05, 0) is 71.8 Å². The minimum Gasteiger partial charge on any atom is -0.494 e. The Hall–Kier alpha value is -0.110. The number of hydrogen-bond donors (Lipinski definition) is 1. The topological polar surface area (TPSA) is 21.3 Å². The molecule has 1 heterocycles. The highest BCUT2D eigenvalue weighted by Crippen LogP contribution is 2.34. The van der Waals surface area contributed by atoms with Crippen LogP contribution < -0.4 is 10.1 Å². The second-order valence-corrected chi connectivity index (χ2v) is 7.74. The van der Waals surface area contributed by atoms with Crippen molar-refractivity contribution in [3.8, 4) is 5.75 Å². The Balaban J connectivity index is 2.44. The van der Waals surface area contributed by atoms with Crippen LogP contribution in [-0.4, -0.2) is 13.7 Å². The number of benzene rings is 1. The van der Waals surface area contributed by atoms with Gasteiger partial charge in [0.05, 0.1) is 15.5 Å². The molecule has 102 valence electrons. The molecule has 2 rings (SSSR count). The molecule has 0 saturated carbocycles. The molecule has 0 fully saturated rings. The van der Waals surface area contributed by atoms with Gasteiger partial charge in [0.25, 0.3) is 0 Å². The zero-order valence-electron chi connectivity index (χ0n) is 10.7. The summed E-state index contributed by atoms with van der Waals surface area (Å²) in [6.07, 6.45) is 0. The summed E-state index contributed by atoms with van der Waals surface area (Å²) in [5.41, 5.74) is 2.43. The SMILES string of the molecule is CCOc1ccc(Br)cc1C(NC)c1csc(I)c1. The standard InChI is InChI=1S/C14H15BrINOS/c1-3-18-12-5-4-10(15)7-11(12)14(17-2)9-6-13(16)19-8-9/h4-8,14,17H,3H2,1-2H3. The van der Waals surface area contributed by atoms with E-state index in [2.05, 4.69) is 61.4 Å². The molecule has 1 atom stereocenters. The Morgan fingerprint density at radius 3 is 2.79 bits per heavy atom. The van der Waals surface area contributed by atoms with E-state index in [0.29, 0.717) is 6.61 Å². The van der Waals surface area contributed by atoms with E-state index in [4.69, 9.17) is 4.74 Å². The number of hydrogen-bond acceptors (Lipinski definition) is 3. The minimum atomic E-state index is 0.152. The maximum atomic E-state index is 5.74. The van der Waals surface area contributed by atoms with Crippen LogP contribution in [0.15, 0.2) is 34.1 Å². The van der Waals surface area contributed by atoms with E-state index < -0.39 is 0 Å². The molecule has 1 unspecified atom stereocenters. The molecule has 0 aliphatic rings. The largest absolute Gasteiger partial charge is 0.494 e. The fraction of sp³-hybridized carbons (Fsp3) is 0.286. The van der Waals surface area contributed by atoms with Crippen LogP contribution in [0.4, 0.5) is 0 Å². The molecule has 1 aromatic carbocycles. The van der Waals surface area contributed by atoms with Crippen molar-refractivity contribution in [2.75, 3.05) is 13.7 Å². The van der Waals surface area contributed by atoms with Crippen LogP contribution in [0.2, 0.25) is 0 Å². The van der Waals surface area contributed by atoms with E-state index >= 15 is 0 Å². The molecule has 0 radical (unpaired) electrons. The van der Waals surface area contributed by atoms with Crippen molar-refractivity contribution in [3.05, 3.63) is 48.1 Å². The summed E-state index contributed by atoms with van der Waals surface area (Å²) in [6.45, 7) is 2.68. The van der Waals surface area contributed by atoms with E-state index in [0.717, 1.165) is 15.8 Å². The molecule has 0 spiro atoms. The van der Waals surface area contributed by atoms with Gasteiger partial charge in [0, 0.05) is 10.0 Å². The molecule has 0 saturated heterocycles. The average Bonchev–Trinajstić information content (AvgIpc) is 2.80. The lowest BCUT2D eigenvalue weighted by Crippen LogP contribution is -2.18. The third-order valence-corrected chi connectivity index (χ3v) is 5.09. The lowest BCUT2D eigenvalue weighted by atomic mass is 10.0.